The highest BCUT2D eigenvalue weighted by atomic mass is 28.3. The van der Waals surface area contributed by atoms with E-state index in [4.69, 9.17) is 0 Å². The molecule has 0 saturated heterocycles. The zero-order valence-corrected chi connectivity index (χ0v) is 26.9. The molecule has 3 aromatic carbocycles. The molecule has 0 saturated carbocycles. The molecule has 0 aliphatic heterocycles. The van der Waals surface area contributed by atoms with Crippen LogP contribution in [0.4, 0.5) is 0 Å². The van der Waals surface area contributed by atoms with Gasteiger partial charge in [-0.3, -0.25) is 0 Å². The Morgan fingerprint density at radius 3 is 1.27 bits per heavy atom. The summed E-state index contributed by atoms with van der Waals surface area (Å²) in [5.41, 5.74) is 5.94. The molecule has 1 heteroatoms. The lowest BCUT2D eigenvalue weighted by Gasteiger charge is -2.36. The Hall–Kier alpha value is -2.64. The zero-order valence-electron chi connectivity index (χ0n) is 25.9. The predicted octanol–water partition coefficient (Wildman–Crippen LogP) is 9.03. The van der Waals surface area contributed by atoms with E-state index in [0.717, 1.165) is 6.42 Å². The minimum Gasteiger partial charge on any atom is -0.0773 e. The van der Waals surface area contributed by atoms with Gasteiger partial charge in [0, 0.05) is 0 Å². The van der Waals surface area contributed by atoms with Gasteiger partial charge in [-0.25, -0.2) is 0 Å². The first-order valence-electron chi connectivity index (χ1n) is 16.3. The molecule has 1 aliphatic carbocycles. The summed E-state index contributed by atoms with van der Waals surface area (Å²) in [5.74, 6) is 0.605. The summed E-state index contributed by atoms with van der Waals surface area (Å²) in [5, 5.41) is 6.23. The van der Waals surface area contributed by atoms with E-state index in [0.29, 0.717) is 5.92 Å². The lowest BCUT2D eigenvalue weighted by atomic mass is 10.0. The van der Waals surface area contributed by atoms with Gasteiger partial charge in [0.1, 0.15) is 0 Å². The minimum absolute atomic E-state index is 0.605. The molecule has 0 fully saturated rings. The summed E-state index contributed by atoms with van der Waals surface area (Å²) in [6.07, 6.45) is 18.4. The molecular formula is C39H52Si. The van der Waals surface area contributed by atoms with Crippen molar-refractivity contribution in [3.8, 4) is 0 Å². The highest BCUT2D eigenvalue weighted by molar-refractivity contribution is 7.16. The van der Waals surface area contributed by atoms with Crippen molar-refractivity contribution in [1.29, 1.82) is 0 Å². The van der Waals surface area contributed by atoms with Gasteiger partial charge < -0.3 is 0 Å². The molecule has 0 heterocycles. The van der Waals surface area contributed by atoms with Crippen molar-refractivity contribution in [2.75, 3.05) is 0 Å². The second-order valence-electron chi connectivity index (χ2n) is 12.0. The molecule has 0 amide bonds. The fourth-order valence-corrected chi connectivity index (χ4v) is 11.3. The molecule has 0 bridgehead atoms. The molecule has 4 rings (SSSR count). The van der Waals surface area contributed by atoms with Crippen LogP contribution in [0.3, 0.4) is 0 Å². The van der Waals surface area contributed by atoms with E-state index in [-0.39, 0.29) is 0 Å². The molecule has 1 aliphatic rings. The van der Waals surface area contributed by atoms with Gasteiger partial charge in [-0.2, -0.15) is 0 Å². The molecular weight excluding hydrogens is 497 g/mol. The first-order chi connectivity index (χ1) is 19.6. The van der Waals surface area contributed by atoms with Crippen LogP contribution in [0.15, 0.2) is 95.7 Å². The van der Waals surface area contributed by atoms with Crippen LogP contribution in [0.1, 0.15) is 103 Å². The number of rotatable bonds is 15. The quantitative estimate of drug-likeness (QED) is 0.131. The van der Waals surface area contributed by atoms with Gasteiger partial charge >= 0.3 is 0 Å². The number of allylic oxidation sites excluding steroid dienone is 4. The van der Waals surface area contributed by atoms with Crippen molar-refractivity contribution in [1.82, 2.24) is 0 Å². The van der Waals surface area contributed by atoms with Crippen molar-refractivity contribution in [3.05, 3.63) is 112 Å². The molecule has 0 radical (unpaired) electrons. The van der Waals surface area contributed by atoms with Gasteiger partial charge in [-0.1, -0.05) is 144 Å². The Kier molecular flexibility index (Phi) is 11.2. The van der Waals surface area contributed by atoms with Crippen molar-refractivity contribution < 1.29 is 0 Å². The van der Waals surface area contributed by atoms with Gasteiger partial charge in [0.2, 0.25) is 0 Å². The Bertz CT molecular complexity index is 1120. The first kappa shape index (κ1) is 30.3. The smallest absolute Gasteiger partial charge is 0.0773 e. The third-order valence-corrected chi connectivity index (χ3v) is 14.1. The van der Waals surface area contributed by atoms with E-state index in [1.54, 1.807) is 5.20 Å². The van der Waals surface area contributed by atoms with Crippen LogP contribution in [0.5, 0.6) is 0 Å². The SMILES string of the molecule is CCCCc1ccc([Si](C2=CC(C(C)CC)=CC2)(c2ccc(CCCC)cc2)c2ccc(CCCC)cc2)cc1. The summed E-state index contributed by atoms with van der Waals surface area (Å²) in [4.78, 5) is 0. The zero-order chi connectivity index (χ0) is 28.4. The summed E-state index contributed by atoms with van der Waals surface area (Å²) < 4.78 is 0. The average Bonchev–Trinajstić information content (AvgIpc) is 3.50. The van der Waals surface area contributed by atoms with Crippen LogP contribution in [0.25, 0.3) is 0 Å². The third kappa shape index (κ3) is 6.80. The predicted molar refractivity (Wildman–Crippen MR) is 180 cm³/mol. The monoisotopic (exact) mass is 548 g/mol. The highest BCUT2D eigenvalue weighted by Crippen LogP contribution is 2.32. The average molecular weight is 549 g/mol. The minimum atomic E-state index is -2.44. The van der Waals surface area contributed by atoms with Gasteiger partial charge in [0.05, 0.1) is 0 Å². The normalized spacial score (nSPS) is 14.2. The van der Waals surface area contributed by atoms with Crippen molar-refractivity contribution in [2.24, 2.45) is 5.92 Å². The van der Waals surface area contributed by atoms with E-state index in [2.05, 4.69) is 120 Å². The van der Waals surface area contributed by atoms with E-state index >= 15 is 0 Å². The van der Waals surface area contributed by atoms with E-state index in [1.165, 1.54) is 102 Å². The van der Waals surface area contributed by atoms with Crippen molar-refractivity contribution >= 4 is 23.6 Å². The molecule has 1 unspecified atom stereocenters. The molecule has 3 aromatic rings. The Morgan fingerprint density at radius 1 is 0.575 bits per heavy atom. The number of hydrogen-bond acceptors (Lipinski definition) is 0. The lowest BCUT2D eigenvalue weighted by molar-refractivity contribution is 0.671. The Labute approximate surface area is 246 Å². The second-order valence-corrected chi connectivity index (χ2v) is 15.9. The highest BCUT2D eigenvalue weighted by Gasteiger charge is 2.43. The van der Waals surface area contributed by atoms with Crippen LogP contribution in [-0.4, -0.2) is 8.07 Å². The van der Waals surface area contributed by atoms with E-state index < -0.39 is 8.07 Å². The maximum atomic E-state index is 2.61. The molecule has 1 atom stereocenters. The van der Waals surface area contributed by atoms with Crippen LogP contribution < -0.4 is 15.6 Å². The van der Waals surface area contributed by atoms with E-state index in [9.17, 15) is 0 Å². The Balaban J connectivity index is 1.91. The largest absolute Gasteiger partial charge is 0.175 e. The van der Waals surface area contributed by atoms with Gasteiger partial charge in [-0.15, -0.1) is 0 Å². The van der Waals surface area contributed by atoms with Crippen LogP contribution in [0, 0.1) is 5.92 Å². The summed E-state index contributed by atoms with van der Waals surface area (Å²) in [6.45, 7) is 11.6. The number of benzene rings is 3. The summed E-state index contributed by atoms with van der Waals surface area (Å²) >= 11 is 0. The van der Waals surface area contributed by atoms with Crippen molar-refractivity contribution in [3.63, 3.8) is 0 Å². The number of aryl methyl sites for hydroxylation is 3. The van der Waals surface area contributed by atoms with Crippen LogP contribution >= 0.6 is 0 Å². The lowest BCUT2D eigenvalue weighted by Crippen LogP contribution is -2.68. The van der Waals surface area contributed by atoms with E-state index in [1.807, 2.05) is 0 Å². The molecule has 0 nitrogen and oxygen atoms in total. The standard InChI is InChI=1S/C39H52Si/c1-6-10-13-32-16-23-36(24-17-32)40(39-29-22-35(30-39)31(5)9-4,37-25-18-33(19-26-37)14-11-7-2)38-27-20-34(21-28-38)15-12-8-3/h16-28,30-31H,6-15,29H2,1-5H3. The summed E-state index contributed by atoms with van der Waals surface area (Å²) in [7, 11) is -2.44. The second kappa shape index (κ2) is 14.8. The fourth-order valence-electron chi connectivity index (χ4n) is 6.35. The third-order valence-electron chi connectivity index (χ3n) is 9.18. The first-order valence-corrected chi connectivity index (χ1v) is 18.3. The molecule has 0 N–H and O–H groups in total. The maximum absolute atomic E-state index is 2.61. The van der Waals surface area contributed by atoms with Crippen LogP contribution in [0.2, 0.25) is 0 Å². The molecule has 212 valence electrons. The number of unbranched alkanes of at least 4 members (excludes halogenated alkanes) is 3. The molecule has 0 spiro atoms. The molecule has 0 aromatic heterocycles. The topological polar surface area (TPSA) is 0 Å². The number of hydrogen-bond donors (Lipinski definition) is 0. The fraction of sp³-hybridized carbons (Fsp3) is 0.436. The van der Waals surface area contributed by atoms with Gasteiger partial charge in [0.15, 0.2) is 8.07 Å². The summed E-state index contributed by atoms with van der Waals surface area (Å²) in [6, 6.07) is 29.5. The maximum Gasteiger partial charge on any atom is 0.175 e. The Morgan fingerprint density at radius 2 is 0.950 bits per heavy atom. The van der Waals surface area contributed by atoms with Crippen molar-refractivity contribution in [2.45, 2.75) is 105 Å². The van der Waals surface area contributed by atoms with Gasteiger partial charge in [-0.05, 0) is 95.1 Å². The van der Waals surface area contributed by atoms with Gasteiger partial charge in [0.25, 0.3) is 0 Å². The van der Waals surface area contributed by atoms with Crippen LogP contribution in [-0.2, 0) is 19.3 Å². The molecule has 40 heavy (non-hydrogen) atoms.